The van der Waals surface area contributed by atoms with Gasteiger partial charge in [0.05, 0.1) is 9.79 Å². The van der Waals surface area contributed by atoms with E-state index < -0.39 is 37.0 Å². The minimum absolute atomic E-state index is 0.0145. The van der Waals surface area contributed by atoms with E-state index in [1.54, 1.807) is 0 Å². The largest absolute Gasteiger partial charge is 0.477 e. The zero-order valence-electron chi connectivity index (χ0n) is 15.3. The number of fused-ring (bicyclic) bond motifs is 1. The van der Waals surface area contributed by atoms with Gasteiger partial charge in [0.25, 0.3) is 0 Å². The van der Waals surface area contributed by atoms with E-state index in [2.05, 4.69) is 9.71 Å². The summed E-state index contributed by atoms with van der Waals surface area (Å²) in [6.45, 7) is 0.0145. The molecule has 0 radical (unpaired) electrons. The number of H-pyrrole nitrogens is 1. The fourth-order valence-corrected chi connectivity index (χ4v) is 4.36. The summed E-state index contributed by atoms with van der Waals surface area (Å²) in [4.78, 5) is 25.8. The van der Waals surface area contributed by atoms with Gasteiger partial charge in [-0.2, -0.15) is 0 Å². The molecular formula is C18H17N3O7S2. The van der Waals surface area contributed by atoms with Crippen molar-refractivity contribution in [2.45, 2.75) is 16.2 Å². The average molecular weight is 451 g/mol. The van der Waals surface area contributed by atoms with E-state index in [9.17, 15) is 26.4 Å². The second-order valence-corrected chi connectivity index (χ2v) is 9.71. The molecule has 0 saturated carbocycles. The predicted molar refractivity (Wildman–Crippen MR) is 108 cm³/mol. The number of carbonyl (C=O) groups is 1. The van der Waals surface area contributed by atoms with Gasteiger partial charge in [0.15, 0.2) is 0 Å². The number of benzene rings is 2. The SMILES string of the molecule is NS(=O)(=O)c1ccc(CCNS(=O)(=O)c2ccc3[nH]cc(C(=O)O)c(=O)c3c2)cc1. The number of nitrogens with two attached hydrogens (primary N) is 1. The lowest BCUT2D eigenvalue weighted by Crippen LogP contribution is -2.26. The standard InChI is InChI=1S/C18H17N3O7S2/c19-29(25,26)12-3-1-11(2-4-12)7-8-21-30(27,28)13-5-6-16-14(9-13)17(22)15(10-20-16)18(23)24/h1-6,9-10,21H,7-8H2,(H,20,22)(H,23,24)(H2,19,25,26). The fraction of sp³-hybridized carbons (Fsp3) is 0.111. The van der Waals surface area contributed by atoms with Crippen molar-refractivity contribution in [3.63, 3.8) is 0 Å². The molecule has 0 aliphatic rings. The molecule has 0 spiro atoms. The third kappa shape index (κ3) is 4.57. The Labute approximate surface area is 171 Å². The van der Waals surface area contributed by atoms with Crippen LogP contribution in [0.15, 0.2) is 63.2 Å². The highest BCUT2D eigenvalue weighted by atomic mass is 32.2. The summed E-state index contributed by atoms with van der Waals surface area (Å²) in [5, 5.41) is 14.0. The first kappa shape index (κ1) is 21.6. The van der Waals surface area contributed by atoms with Gasteiger partial charge in [-0.15, -0.1) is 0 Å². The Morgan fingerprint density at radius 3 is 2.27 bits per heavy atom. The van der Waals surface area contributed by atoms with Gasteiger partial charge < -0.3 is 10.1 Å². The molecule has 0 fully saturated rings. The highest BCUT2D eigenvalue weighted by molar-refractivity contribution is 7.89. The molecule has 5 N–H and O–H groups in total. The van der Waals surface area contributed by atoms with Crippen LogP contribution in [0, 0.1) is 0 Å². The van der Waals surface area contributed by atoms with E-state index in [0.29, 0.717) is 11.1 Å². The molecule has 2 aromatic carbocycles. The van der Waals surface area contributed by atoms with Crippen LogP contribution in [0.25, 0.3) is 10.9 Å². The van der Waals surface area contributed by atoms with Crippen molar-refractivity contribution >= 4 is 36.9 Å². The van der Waals surface area contributed by atoms with Gasteiger partial charge in [-0.05, 0) is 42.3 Å². The molecule has 0 aliphatic heterocycles. The summed E-state index contributed by atoms with van der Waals surface area (Å²) in [5.41, 5.74) is -0.291. The Balaban J connectivity index is 1.78. The molecule has 0 aliphatic carbocycles. The normalized spacial score (nSPS) is 12.2. The molecule has 3 aromatic rings. The lowest BCUT2D eigenvalue weighted by atomic mass is 10.1. The smallest absolute Gasteiger partial charge is 0.341 e. The van der Waals surface area contributed by atoms with Gasteiger partial charge in [-0.25, -0.2) is 31.5 Å². The van der Waals surface area contributed by atoms with Gasteiger partial charge in [-0.1, -0.05) is 12.1 Å². The van der Waals surface area contributed by atoms with Crippen molar-refractivity contribution in [2.75, 3.05) is 6.54 Å². The van der Waals surface area contributed by atoms with E-state index in [4.69, 9.17) is 10.2 Å². The summed E-state index contributed by atoms with van der Waals surface area (Å²) in [6.07, 6.45) is 1.34. The Kier molecular flexibility index (Phi) is 5.76. The number of aromatic nitrogens is 1. The third-order valence-electron chi connectivity index (χ3n) is 4.35. The number of nitrogens with one attached hydrogen (secondary N) is 2. The Morgan fingerprint density at radius 2 is 1.67 bits per heavy atom. The van der Waals surface area contributed by atoms with E-state index in [0.717, 1.165) is 12.3 Å². The zero-order valence-corrected chi connectivity index (χ0v) is 17.0. The van der Waals surface area contributed by atoms with Crippen molar-refractivity contribution < 1.29 is 26.7 Å². The van der Waals surface area contributed by atoms with Crippen LogP contribution in [-0.2, 0) is 26.5 Å². The summed E-state index contributed by atoms with van der Waals surface area (Å²) in [6, 6.07) is 9.49. The van der Waals surface area contributed by atoms with E-state index >= 15 is 0 Å². The van der Waals surface area contributed by atoms with E-state index in [-0.39, 0.29) is 28.1 Å². The van der Waals surface area contributed by atoms with Gasteiger partial charge in [0, 0.05) is 23.6 Å². The lowest BCUT2D eigenvalue weighted by Gasteiger charge is -2.08. The number of hydrogen-bond acceptors (Lipinski definition) is 6. The monoisotopic (exact) mass is 451 g/mol. The number of rotatable bonds is 7. The van der Waals surface area contributed by atoms with Crippen LogP contribution in [0.1, 0.15) is 15.9 Å². The molecule has 0 unspecified atom stereocenters. The van der Waals surface area contributed by atoms with Crippen LogP contribution < -0.4 is 15.3 Å². The van der Waals surface area contributed by atoms with Crippen LogP contribution in [0.3, 0.4) is 0 Å². The van der Waals surface area contributed by atoms with Crippen molar-refractivity contribution in [2.24, 2.45) is 5.14 Å². The summed E-state index contributed by atoms with van der Waals surface area (Å²) in [7, 11) is -7.77. The maximum Gasteiger partial charge on any atom is 0.341 e. The molecule has 10 nitrogen and oxygen atoms in total. The van der Waals surface area contributed by atoms with E-state index in [1.807, 2.05) is 0 Å². The number of aromatic amines is 1. The number of carboxylic acid groups (broad SMARTS) is 1. The summed E-state index contributed by atoms with van der Waals surface area (Å²) < 4.78 is 50.0. The number of aromatic carboxylic acids is 1. The molecular weight excluding hydrogens is 434 g/mol. The zero-order chi connectivity index (χ0) is 22.1. The van der Waals surface area contributed by atoms with E-state index in [1.165, 1.54) is 36.4 Å². The van der Waals surface area contributed by atoms with Crippen molar-refractivity contribution in [1.82, 2.24) is 9.71 Å². The quantitative estimate of drug-likeness (QED) is 0.401. The molecule has 3 rings (SSSR count). The maximum atomic E-state index is 12.5. The van der Waals surface area contributed by atoms with Gasteiger partial charge in [0.1, 0.15) is 5.56 Å². The topological polar surface area (TPSA) is 176 Å². The number of primary sulfonamides is 1. The first-order valence-corrected chi connectivity index (χ1v) is 11.5. The van der Waals surface area contributed by atoms with Crippen molar-refractivity contribution in [3.05, 3.63) is 70.0 Å². The molecule has 0 amide bonds. The molecule has 30 heavy (non-hydrogen) atoms. The Morgan fingerprint density at radius 1 is 1.03 bits per heavy atom. The van der Waals surface area contributed by atoms with Gasteiger partial charge >= 0.3 is 5.97 Å². The predicted octanol–water partition coefficient (Wildman–Crippen LogP) is 0.395. The second-order valence-electron chi connectivity index (χ2n) is 6.38. The number of pyridine rings is 1. The molecule has 0 bridgehead atoms. The minimum Gasteiger partial charge on any atom is -0.477 e. The van der Waals surface area contributed by atoms with Gasteiger partial charge in [0.2, 0.25) is 25.5 Å². The Hall–Kier alpha value is -3.06. The summed E-state index contributed by atoms with van der Waals surface area (Å²) >= 11 is 0. The molecule has 158 valence electrons. The second kappa shape index (κ2) is 7.99. The van der Waals surface area contributed by atoms with Crippen LogP contribution in [-0.4, -0.2) is 39.4 Å². The first-order valence-electron chi connectivity index (χ1n) is 8.49. The maximum absolute atomic E-state index is 12.5. The lowest BCUT2D eigenvalue weighted by molar-refractivity contribution is 0.0695. The number of hydrogen-bond donors (Lipinski definition) is 4. The molecule has 0 atom stereocenters. The van der Waals surface area contributed by atoms with Gasteiger partial charge in [-0.3, -0.25) is 4.79 Å². The third-order valence-corrected chi connectivity index (χ3v) is 6.74. The highest BCUT2D eigenvalue weighted by Gasteiger charge is 2.17. The minimum atomic E-state index is -3.97. The van der Waals surface area contributed by atoms with Crippen LogP contribution in [0.4, 0.5) is 0 Å². The van der Waals surface area contributed by atoms with Crippen LogP contribution in [0.2, 0.25) is 0 Å². The Bertz CT molecular complexity index is 1390. The average Bonchev–Trinajstić information content (AvgIpc) is 2.67. The molecule has 0 saturated heterocycles. The van der Waals surface area contributed by atoms with Crippen molar-refractivity contribution in [3.8, 4) is 0 Å². The summed E-state index contributed by atoms with van der Waals surface area (Å²) in [5.74, 6) is -1.42. The number of sulfonamides is 2. The molecule has 12 heteroatoms. The van der Waals surface area contributed by atoms with Crippen LogP contribution >= 0.6 is 0 Å². The van der Waals surface area contributed by atoms with Crippen LogP contribution in [0.5, 0.6) is 0 Å². The molecule has 1 aromatic heterocycles. The first-order chi connectivity index (χ1) is 14.0. The van der Waals surface area contributed by atoms with Crippen molar-refractivity contribution in [1.29, 1.82) is 0 Å². The fourth-order valence-electron chi connectivity index (χ4n) is 2.78. The number of carboxylic acids is 1. The highest BCUT2D eigenvalue weighted by Crippen LogP contribution is 2.16. The molecule has 1 heterocycles.